The number of hydrogen-bond acceptors (Lipinski definition) is 3. The van der Waals surface area contributed by atoms with Crippen LogP contribution in [-0.2, 0) is 20.7 Å². The van der Waals surface area contributed by atoms with Gasteiger partial charge in [-0.25, -0.2) is 0 Å². The maximum Gasteiger partial charge on any atom is 0.307 e. The van der Waals surface area contributed by atoms with Gasteiger partial charge in [0.05, 0.1) is 13.0 Å². The molecule has 0 aromatic heterocycles. The number of esters is 1. The predicted octanol–water partition coefficient (Wildman–Crippen LogP) is 3.91. The van der Waals surface area contributed by atoms with Crippen LogP contribution in [0.25, 0.3) is 0 Å². The van der Waals surface area contributed by atoms with Crippen molar-refractivity contribution in [1.82, 2.24) is 0 Å². The molecule has 2 rings (SSSR count). The first-order chi connectivity index (χ1) is 12.1. The van der Waals surface area contributed by atoms with Gasteiger partial charge >= 0.3 is 5.97 Å². The molecule has 0 aliphatic carbocycles. The van der Waals surface area contributed by atoms with Gasteiger partial charge in [0, 0.05) is 18.7 Å². The zero-order valence-corrected chi connectivity index (χ0v) is 14.9. The van der Waals surface area contributed by atoms with Gasteiger partial charge in [-0.1, -0.05) is 48.0 Å². The van der Waals surface area contributed by atoms with Gasteiger partial charge in [-0.15, -0.1) is 0 Å². The van der Waals surface area contributed by atoms with E-state index in [1.165, 1.54) is 0 Å². The van der Waals surface area contributed by atoms with Gasteiger partial charge < -0.3 is 9.64 Å². The highest BCUT2D eigenvalue weighted by atomic mass is 16.5. The van der Waals surface area contributed by atoms with Crippen molar-refractivity contribution in [2.24, 2.45) is 0 Å². The third-order valence-corrected chi connectivity index (χ3v) is 3.96. The van der Waals surface area contributed by atoms with Crippen LogP contribution in [0.2, 0.25) is 0 Å². The molecule has 1 amide bonds. The Bertz CT molecular complexity index is 680. The van der Waals surface area contributed by atoms with Crippen molar-refractivity contribution in [3.05, 3.63) is 65.7 Å². The van der Waals surface area contributed by atoms with Gasteiger partial charge in [-0.3, -0.25) is 9.59 Å². The Hall–Kier alpha value is -2.62. The molecule has 0 bridgehead atoms. The van der Waals surface area contributed by atoms with Gasteiger partial charge in [-0.05, 0) is 38.0 Å². The molecule has 0 heterocycles. The molecular weight excluding hydrogens is 314 g/mol. The largest absolute Gasteiger partial charge is 0.466 e. The molecular formula is C21H25NO3. The summed E-state index contributed by atoms with van der Waals surface area (Å²) in [6, 6.07) is 17.7. The molecule has 2 aromatic carbocycles. The minimum Gasteiger partial charge on any atom is -0.466 e. The molecule has 2 aromatic rings. The standard InChI is InChI=1S/C21H25NO3/c1-3-25-21(24)15-16-22(19-12-9-17(2)10-13-19)20(23)14-11-18-7-5-4-6-8-18/h4-10,12-13H,3,11,14-16H2,1-2H3. The molecule has 0 fully saturated rings. The fraction of sp³-hybridized carbons (Fsp3) is 0.333. The lowest BCUT2D eigenvalue weighted by Gasteiger charge is -2.23. The minimum absolute atomic E-state index is 0.0111. The summed E-state index contributed by atoms with van der Waals surface area (Å²) in [5, 5.41) is 0. The number of ether oxygens (including phenoxy) is 1. The molecule has 0 atom stereocenters. The fourth-order valence-electron chi connectivity index (χ4n) is 2.59. The molecule has 0 N–H and O–H groups in total. The van der Waals surface area contributed by atoms with Crippen LogP contribution >= 0.6 is 0 Å². The van der Waals surface area contributed by atoms with E-state index in [0.29, 0.717) is 26.0 Å². The number of rotatable bonds is 8. The summed E-state index contributed by atoms with van der Waals surface area (Å²) in [4.78, 5) is 26.1. The molecule has 0 saturated carbocycles. The van der Waals surface area contributed by atoms with Crippen LogP contribution in [0.4, 0.5) is 5.69 Å². The van der Waals surface area contributed by atoms with Crippen LogP contribution in [0.15, 0.2) is 54.6 Å². The molecule has 0 aliphatic heterocycles. The monoisotopic (exact) mass is 339 g/mol. The Morgan fingerprint density at radius 3 is 2.28 bits per heavy atom. The second kappa shape index (κ2) is 9.62. The summed E-state index contributed by atoms with van der Waals surface area (Å²) in [5.41, 5.74) is 3.07. The number of amides is 1. The van der Waals surface area contributed by atoms with Crippen molar-refractivity contribution in [3.63, 3.8) is 0 Å². The summed E-state index contributed by atoms with van der Waals surface area (Å²) in [6.07, 6.45) is 1.28. The van der Waals surface area contributed by atoms with Crippen LogP contribution in [0, 0.1) is 6.92 Å². The topological polar surface area (TPSA) is 46.6 Å². The number of aryl methyl sites for hydroxylation is 2. The third kappa shape index (κ3) is 6.07. The van der Waals surface area contributed by atoms with E-state index in [0.717, 1.165) is 16.8 Å². The third-order valence-electron chi connectivity index (χ3n) is 3.96. The predicted molar refractivity (Wildman–Crippen MR) is 99.5 cm³/mol. The maximum absolute atomic E-state index is 12.7. The molecule has 132 valence electrons. The van der Waals surface area contributed by atoms with E-state index in [4.69, 9.17) is 4.74 Å². The normalized spacial score (nSPS) is 10.3. The molecule has 4 heteroatoms. The van der Waals surface area contributed by atoms with E-state index in [9.17, 15) is 9.59 Å². The van der Waals surface area contributed by atoms with E-state index in [2.05, 4.69) is 0 Å². The Morgan fingerprint density at radius 2 is 1.64 bits per heavy atom. The highest BCUT2D eigenvalue weighted by Crippen LogP contribution is 2.18. The highest BCUT2D eigenvalue weighted by Gasteiger charge is 2.17. The number of carbonyl (C=O) groups is 2. The molecule has 0 unspecified atom stereocenters. The first-order valence-corrected chi connectivity index (χ1v) is 8.66. The average Bonchev–Trinajstić information content (AvgIpc) is 2.62. The van der Waals surface area contributed by atoms with E-state index >= 15 is 0 Å². The van der Waals surface area contributed by atoms with Gasteiger partial charge in [0.15, 0.2) is 0 Å². The Labute approximate surface area is 149 Å². The molecule has 0 saturated heterocycles. The molecule has 25 heavy (non-hydrogen) atoms. The Morgan fingerprint density at radius 1 is 0.960 bits per heavy atom. The van der Waals surface area contributed by atoms with E-state index in [1.807, 2.05) is 61.5 Å². The molecule has 4 nitrogen and oxygen atoms in total. The molecule has 0 radical (unpaired) electrons. The Kier molecular flexibility index (Phi) is 7.20. The van der Waals surface area contributed by atoms with Crippen LogP contribution in [-0.4, -0.2) is 25.0 Å². The summed E-state index contributed by atoms with van der Waals surface area (Å²) in [5.74, 6) is -0.271. The van der Waals surface area contributed by atoms with E-state index < -0.39 is 0 Å². The van der Waals surface area contributed by atoms with Gasteiger partial charge in [0.2, 0.25) is 5.91 Å². The average molecular weight is 339 g/mol. The second-order valence-corrected chi connectivity index (χ2v) is 5.92. The zero-order chi connectivity index (χ0) is 18.1. The quantitative estimate of drug-likeness (QED) is 0.685. The lowest BCUT2D eigenvalue weighted by molar-refractivity contribution is -0.142. The van der Waals surface area contributed by atoms with Crippen molar-refractivity contribution >= 4 is 17.6 Å². The van der Waals surface area contributed by atoms with E-state index in [-0.39, 0.29) is 18.3 Å². The first kappa shape index (κ1) is 18.7. The van der Waals surface area contributed by atoms with Crippen molar-refractivity contribution in [2.45, 2.75) is 33.1 Å². The highest BCUT2D eigenvalue weighted by molar-refractivity contribution is 5.94. The van der Waals surface area contributed by atoms with Crippen molar-refractivity contribution < 1.29 is 14.3 Å². The van der Waals surface area contributed by atoms with Gasteiger partial charge in [0.25, 0.3) is 0 Å². The lowest BCUT2D eigenvalue weighted by atomic mass is 10.1. The lowest BCUT2D eigenvalue weighted by Crippen LogP contribution is -2.33. The van der Waals surface area contributed by atoms with E-state index in [1.54, 1.807) is 11.8 Å². The van der Waals surface area contributed by atoms with Crippen molar-refractivity contribution in [1.29, 1.82) is 0 Å². The summed E-state index contributed by atoms with van der Waals surface area (Å²) >= 11 is 0. The number of anilines is 1. The first-order valence-electron chi connectivity index (χ1n) is 8.66. The fourth-order valence-corrected chi connectivity index (χ4v) is 2.59. The van der Waals surface area contributed by atoms with Crippen LogP contribution in [0.1, 0.15) is 30.9 Å². The minimum atomic E-state index is -0.282. The number of benzene rings is 2. The van der Waals surface area contributed by atoms with Crippen LogP contribution < -0.4 is 4.90 Å². The second-order valence-electron chi connectivity index (χ2n) is 5.92. The van der Waals surface area contributed by atoms with Crippen molar-refractivity contribution in [3.8, 4) is 0 Å². The number of hydrogen-bond donors (Lipinski definition) is 0. The van der Waals surface area contributed by atoms with Crippen LogP contribution in [0.5, 0.6) is 0 Å². The number of nitrogens with zero attached hydrogens (tertiary/aromatic N) is 1. The van der Waals surface area contributed by atoms with Crippen LogP contribution in [0.3, 0.4) is 0 Å². The molecule has 0 spiro atoms. The van der Waals surface area contributed by atoms with Crippen molar-refractivity contribution in [2.75, 3.05) is 18.1 Å². The number of carbonyl (C=O) groups excluding carboxylic acids is 2. The maximum atomic E-state index is 12.7. The SMILES string of the molecule is CCOC(=O)CCN(C(=O)CCc1ccccc1)c1ccc(C)cc1. The van der Waals surface area contributed by atoms with Gasteiger partial charge in [-0.2, -0.15) is 0 Å². The van der Waals surface area contributed by atoms with Gasteiger partial charge in [0.1, 0.15) is 0 Å². The molecule has 0 aliphatic rings. The Balaban J connectivity index is 2.05. The summed E-state index contributed by atoms with van der Waals surface area (Å²) < 4.78 is 4.98. The smallest absolute Gasteiger partial charge is 0.307 e. The summed E-state index contributed by atoms with van der Waals surface area (Å²) in [6.45, 7) is 4.46. The summed E-state index contributed by atoms with van der Waals surface area (Å²) in [7, 11) is 0. The zero-order valence-electron chi connectivity index (χ0n) is 14.9.